The van der Waals surface area contributed by atoms with Crippen LogP contribution in [0.15, 0.2) is 57.7 Å². The van der Waals surface area contributed by atoms with Crippen LogP contribution in [0, 0.1) is 0 Å². The molecule has 2 aromatic carbocycles. The number of carbonyl (C=O) groups excluding carboxylic acids is 1. The molecule has 2 heterocycles. The predicted molar refractivity (Wildman–Crippen MR) is 93.0 cm³/mol. The fourth-order valence-corrected chi connectivity index (χ4v) is 2.89. The molecule has 126 valence electrons. The Bertz CT molecular complexity index is 1140. The highest BCUT2D eigenvalue weighted by Gasteiger charge is 2.13. The molecule has 0 atom stereocenters. The summed E-state index contributed by atoms with van der Waals surface area (Å²) in [5.41, 5.74) is 2.95. The van der Waals surface area contributed by atoms with E-state index in [0.29, 0.717) is 11.1 Å². The smallest absolute Gasteiger partial charge is 0.408 e. The van der Waals surface area contributed by atoms with Crippen molar-refractivity contribution in [3.8, 4) is 0 Å². The number of imidazole rings is 1. The summed E-state index contributed by atoms with van der Waals surface area (Å²) < 4.78 is 8.39. The van der Waals surface area contributed by atoms with Gasteiger partial charge in [-0.05, 0) is 24.3 Å². The molecule has 1 amide bonds. The van der Waals surface area contributed by atoms with Crippen LogP contribution >= 0.6 is 0 Å². The SMILES string of the molecule is Cn1c(CNC(=O)Cn2c(=O)oc3ccccc32)nc2ccccc21. The van der Waals surface area contributed by atoms with Crippen molar-refractivity contribution in [2.45, 2.75) is 13.1 Å². The molecule has 0 fully saturated rings. The molecule has 0 saturated carbocycles. The molecule has 1 N–H and O–H groups in total. The molecule has 7 nitrogen and oxygen atoms in total. The maximum atomic E-state index is 12.3. The van der Waals surface area contributed by atoms with E-state index in [2.05, 4.69) is 10.3 Å². The standard InChI is InChI=1S/C18H16N4O3/c1-21-13-7-3-2-6-12(13)20-16(21)10-19-17(23)11-22-14-8-4-5-9-15(14)25-18(22)24/h2-9H,10-11H2,1H3,(H,19,23). The van der Waals surface area contributed by atoms with E-state index in [1.807, 2.05) is 35.9 Å². The minimum absolute atomic E-state index is 0.0974. The second kappa shape index (κ2) is 5.94. The Kier molecular flexibility index (Phi) is 3.61. The number of nitrogens with one attached hydrogen (secondary N) is 1. The second-order valence-electron chi connectivity index (χ2n) is 5.77. The third kappa shape index (κ3) is 2.69. The summed E-state index contributed by atoms with van der Waals surface area (Å²) in [5, 5.41) is 2.81. The van der Waals surface area contributed by atoms with Crippen LogP contribution in [0.4, 0.5) is 0 Å². The number of nitrogens with zero attached hydrogens (tertiary/aromatic N) is 3. The molecule has 0 radical (unpaired) electrons. The Labute approximate surface area is 142 Å². The van der Waals surface area contributed by atoms with E-state index >= 15 is 0 Å². The van der Waals surface area contributed by atoms with Gasteiger partial charge in [0.05, 0.1) is 23.1 Å². The number of para-hydroxylation sites is 4. The highest BCUT2D eigenvalue weighted by molar-refractivity contribution is 5.80. The van der Waals surface area contributed by atoms with Crippen molar-refractivity contribution in [3.05, 3.63) is 64.9 Å². The van der Waals surface area contributed by atoms with E-state index in [-0.39, 0.29) is 19.0 Å². The van der Waals surface area contributed by atoms with Gasteiger partial charge >= 0.3 is 5.76 Å². The first kappa shape index (κ1) is 15.2. The first-order valence-corrected chi connectivity index (χ1v) is 7.89. The molecule has 0 bridgehead atoms. The molecule has 0 aliphatic rings. The number of carbonyl (C=O) groups is 1. The van der Waals surface area contributed by atoms with Crippen LogP contribution in [0.2, 0.25) is 0 Å². The van der Waals surface area contributed by atoms with E-state index in [4.69, 9.17) is 4.42 Å². The fourth-order valence-electron chi connectivity index (χ4n) is 2.89. The Hall–Kier alpha value is -3.35. The van der Waals surface area contributed by atoms with Crippen molar-refractivity contribution in [3.63, 3.8) is 0 Å². The van der Waals surface area contributed by atoms with Gasteiger partial charge in [0.2, 0.25) is 5.91 Å². The monoisotopic (exact) mass is 336 g/mol. The molecular weight excluding hydrogens is 320 g/mol. The van der Waals surface area contributed by atoms with Crippen molar-refractivity contribution >= 4 is 28.0 Å². The molecule has 0 aliphatic carbocycles. The lowest BCUT2D eigenvalue weighted by Crippen LogP contribution is -2.31. The lowest BCUT2D eigenvalue weighted by atomic mass is 10.3. The van der Waals surface area contributed by atoms with Crippen molar-refractivity contribution in [2.24, 2.45) is 7.05 Å². The van der Waals surface area contributed by atoms with Crippen LogP contribution in [0.5, 0.6) is 0 Å². The topological polar surface area (TPSA) is 82.1 Å². The summed E-state index contributed by atoms with van der Waals surface area (Å²) in [6.07, 6.45) is 0. The number of hydrogen-bond acceptors (Lipinski definition) is 4. The van der Waals surface area contributed by atoms with Gasteiger partial charge in [0.25, 0.3) is 0 Å². The molecule has 0 spiro atoms. The zero-order chi connectivity index (χ0) is 17.4. The maximum absolute atomic E-state index is 12.3. The van der Waals surface area contributed by atoms with Crippen molar-refractivity contribution < 1.29 is 9.21 Å². The number of oxazole rings is 1. The average molecular weight is 336 g/mol. The van der Waals surface area contributed by atoms with Crippen molar-refractivity contribution in [1.82, 2.24) is 19.4 Å². The number of aryl methyl sites for hydroxylation is 1. The lowest BCUT2D eigenvalue weighted by Gasteiger charge is -2.06. The van der Waals surface area contributed by atoms with Crippen LogP contribution in [0.1, 0.15) is 5.82 Å². The van der Waals surface area contributed by atoms with Gasteiger partial charge in [-0.15, -0.1) is 0 Å². The van der Waals surface area contributed by atoms with Gasteiger partial charge in [-0.25, -0.2) is 9.78 Å². The summed E-state index contributed by atoms with van der Waals surface area (Å²) in [6.45, 7) is 0.189. The summed E-state index contributed by atoms with van der Waals surface area (Å²) in [4.78, 5) is 28.7. The first-order valence-electron chi connectivity index (χ1n) is 7.89. The summed E-state index contributed by atoms with van der Waals surface area (Å²) in [7, 11) is 1.91. The van der Waals surface area contributed by atoms with Gasteiger partial charge in [-0.1, -0.05) is 24.3 Å². The molecular formula is C18H16N4O3. The second-order valence-corrected chi connectivity index (χ2v) is 5.77. The number of hydrogen-bond donors (Lipinski definition) is 1. The van der Waals surface area contributed by atoms with E-state index < -0.39 is 5.76 Å². The summed E-state index contributed by atoms with van der Waals surface area (Å²) in [5.74, 6) is -0.0706. The number of amides is 1. The van der Waals surface area contributed by atoms with Gasteiger partial charge in [-0.3, -0.25) is 9.36 Å². The summed E-state index contributed by atoms with van der Waals surface area (Å²) in [6, 6.07) is 14.8. The molecule has 7 heteroatoms. The fraction of sp³-hybridized carbons (Fsp3) is 0.167. The average Bonchev–Trinajstić information content (AvgIpc) is 3.11. The van der Waals surface area contributed by atoms with Gasteiger partial charge in [-0.2, -0.15) is 0 Å². The van der Waals surface area contributed by atoms with Crippen LogP contribution in [0.25, 0.3) is 22.1 Å². The number of aromatic nitrogens is 3. The third-order valence-electron chi connectivity index (χ3n) is 4.20. The molecule has 4 aromatic rings. The number of fused-ring (bicyclic) bond motifs is 2. The van der Waals surface area contributed by atoms with Gasteiger partial charge < -0.3 is 14.3 Å². The Morgan fingerprint density at radius 3 is 2.64 bits per heavy atom. The number of benzene rings is 2. The zero-order valence-electron chi connectivity index (χ0n) is 13.6. The summed E-state index contributed by atoms with van der Waals surface area (Å²) >= 11 is 0. The van der Waals surface area contributed by atoms with Crippen molar-refractivity contribution in [2.75, 3.05) is 0 Å². The normalized spacial score (nSPS) is 11.2. The van der Waals surface area contributed by atoms with Gasteiger partial charge in [0.1, 0.15) is 12.4 Å². The minimum Gasteiger partial charge on any atom is -0.408 e. The highest BCUT2D eigenvalue weighted by atomic mass is 16.4. The third-order valence-corrected chi connectivity index (χ3v) is 4.20. The molecule has 0 unspecified atom stereocenters. The van der Waals surface area contributed by atoms with E-state index in [9.17, 15) is 9.59 Å². The Morgan fingerprint density at radius 2 is 1.84 bits per heavy atom. The van der Waals surface area contributed by atoms with Crippen molar-refractivity contribution in [1.29, 1.82) is 0 Å². The lowest BCUT2D eigenvalue weighted by molar-refractivity contribution is -0.121. The molecule has 4 rings (SSSR count). The van der Waals surface area contributed by atoms with Crippen LogP contribution in [-0.2, 0) is 24.9 Å². The number of rotatable bonds is 4. The van der Waals surface area contributed by atoms with E-state index in [0.717, 1.165) is 16.9 Å². The minimum atomic E-state index is -0.543. The molecule has 0 aliphatic heterocycles. The predicted octanol–water partition coefficient (Wildman–Crippen LogP) is 1.80. The van der Waals surface area contributed by atoms with Crippen LogP contribution in [-0.4, -0.2) is 20.0 Å². The van der Waals surface area contributed by atoms with Crippen LogP contribution < -0.4 is 11.1 Å². The van der Waals surface area contributed by atoms with Crippen LogP contribution in [0.3, 0.4) is 0 Å². The highest BCUT2D eigenvalue weighted by Crippen LogP contribution is 2.14. The molecule has 0 saturated heterocycles. The van der Waals surface area contributed by atoms with Gasteiger partial charge in [0.15, 0.2) is 5.58 Å². The maximum Gasteiger partial charge on any atom is 0.420 e. The zero-order valence-corrected chi connectivity index (χ0v) is 13.6. The Morgan fingerprint density at radius 1 is 1.12 bits per heavy atom. The largest absolute Gasteiger partial charge is 0.420 e. The first-order chi connectivity index (χ1) is 12.1. The molecule has 25 heavy (non-hydrogen) atoms. The quantitative estimate of drug-likeness (QED) is 0.616. The van der Waals surface area contributed by atoms with E-state index in [1.165, 1.54) is 4.57 Å². The van der Waals surface area contributed by atoms with E-state index in [1.54, 1.807) is 24.3 Å². The molecule has 2 aromatic heterocycles. The van der Waals surface area contributed by atoms with Gasteiger partial charge in [0, 0.05) is 7.05 Å². The Balaban J connectivity index is 1.51.